The number of carbonyl (C=O) groups is 1. The fourth-order valence-electron chi connectivity index (χ4n) is 2.95. The van der Waals surface area contributed by atoms with Crippen molar-refractivity contribution in [2.75, 3.05) is 6.54 Å². The smallest absolute Gasteiger partial charge is 0.267 e. The third-order valence-electron chi connectivity index (χ3n) is 4.22. The van der Waals surface area contributed by atoms with Crippen LogP contribution in [0.2, 0.25) is 0 Å². The summed E-state index contributed by atoms with van der Waals surface area (Å²) in [6.07, 6.45) is 0.665. The number of carbonyl (C=O) groups excluding carboxylic acids is 1. The molecule has 3 aromatic rings. The van der Waals surface area contributed by atoms with Gasteiger partial charge in [0.1, 0.15) is 5.82 Å². The number of hydrogen-bond acceptors (Lipinski definition) is 2. The van der Waals surface area contributed by atoms with Gasteiger partial charge in [0.15, 0.2) is 0 Å². The Kier molecular flexibility index (Phi) is 3.58. The summed E-state index contributed by atoms with van der Waals surface area (Å²) in [5.74, 6) is -0.916. The molecule has 1 aliphatic rings. The molecule has 1 heterocycles. The lowest BCUT2D eigenvalue weighted by atomic mass is 10.0. The highest BCUT2D eigenvalue weighted by atomic mass is 19.1. The van der Waals surface area contributed by atoms with Crippen LogP contribution in [0, 0.1) is 5.82 Å². The van der Waals surface area contributed by atoms with E-state index in [9.17, 15) is 9.18 Å². The highest BCUT2D eigenvalue weighted by Crippen LogP contribution is 2.21. The number of halogens is 1. The zero-order valence-corrected chi connectivity index (χ0v) is 12.9. The number of rotatable bonds is 2. The van der Waals surface area contributed by atoms with Crippen molar-refractivity contribution in [2.24, 2.45) is 5.10 Å². The van der Waals surface area contributed by atoms with E-state index in [2.05, 4.69) is 29.4 Å². The van der Waals surface area contributed by atoms with Gasteiger partial charge in [-0.15, -0.1) is 0 Å². The molecule has 0 unspecified atom stereocenters. The van der Waals surface area contributed by atoms with Crippen LogP contribution >= 0.6 is 0 Å². The summed E-state index contributed by atoms with van der Waals surface area (Å²) in [7, 11) is 0. The molecule has 0 fully saturated rings. The van der Waals surface area contributed by atoms with Crippen molar-refractivity contribution in [1.29, 1.82) is 0 Å². The van der Waals surface area contributed by atoms with Crippen molar-refractivity contribution in [3.05, 3.63) is 83.7 Å². The van der Waals surface area contributed by atoms with Gasteiger partial charge in [0.05, 0.1) is 17.8 Å². The molecule has 0 aliphatic carbocycles. The first-order valence-corrected chi connectivity index (χ1v) is 7.85. The first kappa shape index (κ1) is 14.6. The fourth-order valence-corrected chi connectivity index (χ4v) is 2.95. The molecule has 0 aromatic heterocycles. The van der Waals surface area contributed by atoms with E-state index in [0.717, 1.165) is 16.7 Å². The van der Waals surface area contributed by atoms with Crippen LogP contribution in [0.5, 0.6) is 0 Å². The van der Waals surface area contributed by atoms with E-state index in [-0.39, 0.29) is 5.56 Å². The Hall–Kier alpha value is -3.01. The number of benzene rings is 3. The van der Waals surface area contributed by atoms with Crippen molar-refractivity contribution >= 4 is 22.4 Å². The van der Waals surface area contributed by atoms with E-state index >= 15 is 0 Å². The predicted octanol–water partition coefficient (Wildman–Crippen LogP) is 4.23. The molecule has 0 saturated heterocycles. The van der Waals surface area contributed by atoms with Crippen molar-refractivity contribution in [2.45, 2.75) is 6.42 Å². The van der Waals surface area contributed by atoms with Crippen LogP contribution in [0.4, 0.5) is 4.39 Å². The van der Waals surface area contributed by atoms with Gasteiger partial charge in [0.2, 0.25) is 0 Å². The Morgan fingerprint density at radius 3 is 2.54 bits per heavy atom. The molecule has 0 radical (unpaired) electrons. The standard InChI is InChI=1S/C20H15FN2O/c21-18-8-4-3-7-17(18)20(24)23-12-11-19(22-23)16-10-9-14-5-1-2-6-15(14)13-16/h1-10,13H,11-12H2. The first-order valence-electron chi connectivity index (χ1n) is 7.85. The van der Waals surface area contributed by atoms with Crippen molar-refractivity contribution in [3.63, 3.8) is 0 Å². The van der Waals surface area contributed by atoms with Crippen LogP contribution in [-0.2, 0) is 0 Å². The molecule has 0 bridgehead atoms. The summed E-state index contributed by atoms with van der Waals surface area (Å²) in [6, 6.07) is 20.2. The molecule has 4 rings (SSSR count). The van der Waals surface area contributed by atoms with E-state index in [1.165, 1.54) is 22.5 Å². The molecule has 1 aliphatic heterocycles. The van der Waals surface area contributed by atoms with Gasteiger partial charge in [-0.1, -0.05) is 48.5 Å². The monoisotopic (exact) mass is 318 g/mol. The summed E-state index contributed by atoms with van der Waals surface area (Å²) >= 11 is 0. The second-order valence-electron chi connectivity index (χ2n) is 5.77. The van der Waals surface area contributed by atoms with Crippen molar-refractivity contribution < 1.29 is 9.18 Å². The molecule has 0 N–H and O–H groups in total. The van der Waals surface area contributed by atoms with E-state index in [1.54, 1.807) is 12.1 Å². The largest absolute Gasteiger partial charge is 0.276 e. The average molecular weight is 318 g/mol. The van der Waals surface area contributed by atoms with E-state index in [4.69, 9.17) is 0 Å². The van der Waals surface area contributed by atoms with Crippen LogP contribution < -0.4 is 0 Å². The molecule has 24 heavy (non-hydrogen) atoms. The van der Waals surface area contributed by atoms with Gasteiger partial charge in [-0.2, -0.15) is 5.10 Å². The summed E-state index contributed by atoms with van der Waals surface area (Å²) in [5.41, 5.74) is 1.91. The minimum Gasteiger partial charge on any atom is -0.267 e. The van der Waals surface area contributed by atoms with Crippen LogP contribution in [-0.4, -0.2) is 23.2 Å². The van der Waals surface area contributed by atoms with Crippen molar-refractivity contribution in [3.8, 4) is 0 Å². The molecule has 0 spiro atoms. The van der Waals surface area contributed by atoms with Gasteiger partial charge in [-0.25, -0.2) is 9.40 Å². The fraction of sp³-hybridized carbons (Fsp3) is 0.100. The zero-order valence-electron chi connectivity index (χ0n) is 12.9. The maximum absolute atomic E-state index is 13.8. The van der Waals surface area contributed by atoms with E-state index in [0.29, 0.717) is 13.0 Å². The summed E-state index contributed by atoms with van der Waals surface area (Å²) < 4.78 is 13.8. The van der Waals surface area contributed by atoms with Crippen LogP contribution in [0.3, 0.4) is 0 Å². The zero-order chi connectivity index (χ0) is 16.5. The second kappa shape index (κ2) is 5.89. The summed E-state index contributed by atoms with van der Waals surface area (Å²) in [5, 5.41) is 8.07. The minimum atomic E-state index is -0.517. The molecule has 118 valence electrons. The Morgan fingerprint density at radius 2 is 1.71 bits per heavy atom. The number of amides is 1. The molecular weight excluding hydrogens is 303 g/mol. The normalized spacial score (nSPS) is 14.0. The van der Waals surface area contributed by atoms with E-state index in [1.807, 2.05) is 18.2 Å². The van der Waals surface area contributed by atoms with Gasteiger partial charge in [-0.05, 0) is 34.5 Å². The molecule has 4 heteroatoms. The molecule has 0 saturated carbocycles. The number of hydrazone groups is 1. The highest BCUT2D eigenvalue weighted by molar-refractivity contribution is 6.06. The quantitative estimate of drug-likeness (QED) is 0.696. The van der Waals surface area contributed by atoms with Gasteiger partial charge in [-0.3, -0.25) is 4.79 Å². The number of nitrogens with zero attached hydrogens (tertiary/aromatic N) is 2. The third-order valence-corrected chi connectivity index (χ3v) is 4.22. The summed E-state index contributed by atoms with van der Waals surface area (Å²) in [6.45, 7) is 0.468. The molecular formula is C20H15FN2O. The number of hydrogen-bond donors (Lipinski definition) is 0. The molecule has 3 aromatic carbocycles. The first-order chi connectivity index (χ1) is 11.7. The molecule has 1 amide bonds. The lowest BCUT2D eigenvalue weighted by Crippen LogP contribution is -2.24. The van der Waals surface area contributed by atoms with Crippen LogP contribution in [0.15, 0.2) is 71.8 Å². The Balaban J connectivity index is 1.64. The van der Waals surface area contributed by atoms with Crippen LogP contribution in [0.1, 0.15) is 22.3 Å². The van der Waals surface area contributed by atoms with Gasteiger partial charge >= 0.3 is 0 Å². The summed E-state index contributed by atoms with van der Waals surface area (Å²) in [4.78, 5) is 12.4. The average Bonchev–Trinajstić information content (AvgIpc) is 3.11. The maximum Gasteiger partial charge on any atom is 0.276 e. The van der Waals surface area contributed by atoms with Crippen LogP contribution in [0.25, 0.3) is 10.8 Å². The lowest BCUT2D eigenvalue weighted by Gasteiger charge is -2.11. The third kappa shape index (κ3) is 2.56. The molecule has 0 atom stereocenters. The van der Waals surface area contributed by atoms with Gasteiger partial charge < -0.3 is 0 Å². The second-order valence-corrected chi connectivity index (χ2v) is 5.77. The predicted molar refractivity (Wildman–Crippen MR) is 92.5 cm³/mol. The van der Waals surface area contributed by atoms with Crippen molar-refractivity contribution in [1.82, 2.24) is 5.01 Å². The Morgan fingerprint density at radius 1 is 0.958 bits per heavy atom. The Bertz CT molecular complexity index is 965. The SMILES string of the molecule is O=C(c1ccccc1F)N1CCC(c2ccc3ccccc3c2)=N1. The van der Waals surface area contributed by atoms with E-state index < -0.39 is 11.7 Å². The lowest BCUT2D eigenvalue weighted by molar-refractivity contribution is 0.0773. The Labute approximate surface area is 139 Å². The topological polar surface area (TPSA) is 32.7 Å². The molecule has 3 nitrogen and oxygen atoms in total. The van der Waals surface area contributed by atoms with Gasteiger partial charge in [0.25, 0.3) is 5.91 Å². The number of fused-ring (bicyclic) bond motifs is 1. The maximum atomic E-state index is 13.8. The van der Waals surface area contributed by atoms with Gasteiger partial charge in [0, 0.05) is 6.42 Å². The highest BCUT2D eigenvalue weighted by Gasteiger charge is 2.24. The minimum absolute atomic E-state index is 0.0565.